The van der Waals surface area contributed by atoms with Gasteiger partial charge in [-0.25, -0.2) is 0 Å². The minimum atomic E-state index is -1.13. The molecule has 0 unspecified atom stereocenters. The van der Waals surface area contributed by atoms with Gasteiger partial charge in [-0.2, -0.15) is 0 Å². The first-order chi connectivity index (χ1) is 6.88. The summed E-state index contributed by atoms with van der Waals surface area (Å²) in [5.74, 6) is -2.17. The standard InChI is InChI=1S/C9H14N2O4/c1-4-7(12)10-5(2)8(13)11-6(3)9(14)15/h4-6H,1H2,2-3H3,(H,10,12)(H,11,13)(H,14,15)/t5-,6-/m1/s1. The normalized spacial score (nSPS) is 13.5. The van der Waals surface area contributed by atoms with E-state index in [1.807, 2.05) is 0 Å². The summed E-state index contributed by atoms with van der Waals surface area (Å²) >= 11 is 0. The van der Waals surface area contributed by atoms with Gasteiger partial charge in [-0.15, -0.1) is 0 Å². The lowest BCUT2D eigenvalue weighted by atomic mass is 10.2. The quantitative estimate of drug-likeness (QED) is 0.525. The van der Waals surface area contributed by atoms with Crippen molar-refractivity contribution in [3.05, 3.63) is 12.7 Å². The van der Waals surface area contributed by atoms with Crippen molar-refractivity contribution in [3.8, 4) is 0 Å². The topological polar surface area (TPSA) is 95.5 Å². The average molecular weight is 214 g/mol. The molecule has 2 atom stereocenters. The highest BCUT2D eigenvalue weighted by Crippen LogP contribution is 1.87. The lowest BCUT2D eigenvalue weighted by Crippen LogP contribution is -2.49. The number of hydrogen-bond acceptors (Lipinski definition) is 3. The predicted molar refractivity (Wildman–Crippen MR) is 53.0 cm³/mol. The van der Waals surface area contributed by atoms with Gasteiger partial charge in [0.15, 0.2) is 0 Å². The van der Waals surface area contributed by atoms with Crippen LogP contribution in [0.3, 0.4) is 0 Å². The maximum Gasteiger partial charge on any atom is 0.325 e. The highest BCUT2D eigenvalue weighted by atomic mass is 16.4. The van der Waals surface area contributed by atoms with Gasteiger partial charge in [0.05, 0.1) is 0 Å². The average Bonchev–Trinajstić information content (AvgIpc) is 2.16. The molecule has 2 amide bonds. The van der Waals surface area contributed by atoms with Crippen LogP contribution in [0.4, 0.5) is 0 Å². The third-order valence-corrected chi connectivity index (χ3v) is 1.67. The van der Waals surface area contributed by atoms with E-state index in [4.69, 9.17) is 5.11 Å². The molecule has 0 aliphatic rings. The number of carboxylic acid groups (broad SMARTS) is 1. The molecule has 0 aromatic heterocycles. The highest BCUT2D eigenvalue weighted by molar-refractivity contribution is 5.93. The van der Waals surface area contributed by atoms with Crippen molar-refractivity contribution < 1.29 is 19.5 Å². The van der Waals surface area contributed by atoms with Gasteiger partial charge in [0, 0.05) is 0 Å². The van der Waals surface area contributed by atoms with E-state index in [1.165, 1.54) is 13.8 Å². The monoisotopic (exact) mass is 214 g/mol. The molecule has 6 heteroatoms. The number of nitrogens with one attached hydrogen (secondary N) is 2. The number of carbonyl (C=O) groups excluding carboxylic acids is 2. The number of amides is 2. The molecule has 0 saturated carbocycles. The Balaban J connectivity index is 4.15. The number of rotatable bonds is 5. The molecule has 0 radical (unpaired) electrons. The first kappa shape index (κ1) is 13.2. The van der Waals surface area contributed by atoms with E-state index in [2.05, 4.69) is 17.2 Å². The van der Waals surface area contributed by atoms with Crippen LogP contribution in [0.15, 0.2) is 12.7 Å². The highest BCUT2D eigenvalue weighted by Gasteiger charge is 2.19. The zero-order valence-corrected chi connectivity index (χ0v) is 8.61. The van der Waals surface area contributed by atoms with Gasteiger partial charge in [-0.1, -0.05) is 6.58 Å². The third-order valence-electron chi connectivity index (χ3n) is 1.67. The predicted octanol–water partition coefficient (Wildman–Crippen LogP) is -0.734. The fourth-order valence-electron chi connectivity index (χ4n) is 0.738. The zero-order valence-electron chi connectivity index (χ0n) is 8.61. The molecule has 0 rings (SSSR count). The Kier molecular flexibility index (Phi) is 5.08. The molecular weight excluding hydrogens is 200 g/mol. The summed E-state index contributed by atoms with van der Waals surface area (Å²) in [4.78, 5) is 32.5. The molecular formula is C9H14N2O4. The third kappa shape index (κ3) is 4.80. The second kappa shape index (κ2) is 5.79. The Labute approximate surface area is 87.3 Å². The summed E-state index contributed by atoms with van der Waals surface area (Å²) in [6, 6.07) is -1.78. The molecule has 0 heterocycles. The minimum absolute atomic E-state index is 0.486. The van der Waals surface area contributed by atoms with Gasteiger partial charge in [-0.05, 0) is 19.9 Å². The number of carboxylic acids is 1. The van der Waals surface area contributed by atoms with Crippen molar-refractivity contribution in [2.45, 2.75) is 25.9 Å². The number of hydrogen-bond donors (Lipinski definition) is 3. The Bertz CT molecular complexity index is 288. The second-order valence-corrected chi connectivity index (χ2v) is 3.00. The summed E-state index contributed by atoms with van der Waals surface area (Å²) in [5, 5.41) is 13.1. The molecule has 0 aliphatic heterocycles. The van der Waals surface area contributed by atoms with E-state index >= 15 is 0 Å². The Morgan fingerprint density at radius 3 is 2.13 bits per heavy atom. The van der Waals surface area contributed by atoms with Crippen LogP contribution in [-0.4, -0.2) is 35.0 Å². The molecule has 15 heavy (non-hydrogen) atoms. The largest absolute Gasteiger partial charge is 0.480 e. The van der Waals surface area contributed by atoms with Gasteiger partial charge < -0.3 is 15.7 Å². The Hall–Kier alpha value is -1.85. The summed E-state index contributed by atoms with van der Waals surface area (Å²) in [5.41, 5.74) is 0. The molecule has 84 valence electrons. The van der Waals surface area contributed by atoms with Crippen molar-refractivity contribution in [3.63, 3.8) is 0 Å². The summed E-state index contributed by atoms with van der Waals surface area (Å²) in [6.07, 6.45) is 1.03. The van der Waals surface area contributed by atoms with E-state index in [1.54, 1.807) is 0 Å². The Morgan fingerprint density at radius 2 is 1.73 bits per heavy atom. The number of carbonyl (C=O) groups is 3. The van der Waals surface area contributed by atoms with Gasteiger partial charge in [0.2, 0.25) is 11.8 Å². The summed E-state index contributed by atoms with van der Waals surface area (Å²) < 4.78 is 0. The smallest absolute Gasteiger partial charge is 0.325 e. The van der Waals surface area contributed by atoms with E-state index in [0.717, 1.165) is 6.08 Å². The van der Waals surface area contributed by atoms with E-state index < -0.39 is 29.9 Å². The van der Waals surface area contributed by atoms with E-state index in [-0.39, 0.29) is 0 Å². The first-order valence-electron chi connectivity index (χ1n) is 4.34. The molecule has 0 aromatic rings. The van der Waals surface area contributed by atoms with Crippen molar-refractivity contribution in [2.75, 3.05) is 0 Å². The van der Waals surface area contributed by atoms with Crippen LogP contribution in [0.25, 0.3) is 0 Å². The van der Waals surface area contributed by atoms with Gasteiger partial charge in [0.1, 0.15) is 12.1 Å². The van der Waals surface area contributed by atoms with Crippen LogP contribution in [0.1, 0.15) is 13.8 Å². The van der Waals surface area contributed by atoms with Crippen LogP contribution < -0.4 is 10.6 Å². The van der Waals surface area contributed by atoms with Crippen molar-refractivity contribution in [2.24, 2.45) is 0 Å². The van der Waals surface area contributed by atoms with Crippen molar-refractivity contribution >= 4 is 17.8 Å². The minimum Gasteiger partial charge on any atom is -0.480 e. The first-order valence-corrected chi connectivity index (χ1v) is 4.34. The lowest BCUT2D eigenvalue weighted by molar-refractivity contribution is -0.141. The fourth-order valence-corrected chi connectivity index (χ4v) is 0.738. The van der Waals surface area contributed by atoms with Crippen LogP contribution >= 0.6 is 0 Å². The summed E-state index contributed by atoms with van der Waals surface area (Å²) in [7, 11) is 0. The van der Waals surface area contributed by atoms with E-state index in [9.17, 15) is 14.4 Å². The van der Waals surface area contributed by atoms with Crippen LogP contribution in [-0.2, 0) is 14.4 Å². The number of aliphatic carboxylic acids is 1. The molecule has 0 fully saturated rings. The molecule has 0 aromatic carbocycles. The Morgan fingerprint density at radius 1 is 1.20 bits per heavy atom. The second-order valence-electron chi connectivity index (χ2n) is 3.00. The zero-order chi connectivity index (χ0) is 12.0. The van der Waals surface area contributed by atoms with Crippen LogP contribution in [0.2, 0.25) is 0 Å². The van der Waals surface area contributed by atoms with Gasteiger partial charge >= 0.3 is 5.97 Å². The molecule has 6 nitrogen and oxygen atoms in total. The molecule has 0 bridgehead atoms. The molecule has 0 spiro atoms. The maximum absolute atomic E-state index is 11.3. The van der Waals surface area contributed by atoms with Gasteiger partial charge in [0.25, 0.3) is 0 Å². The van der Waals surface area contributed by atoms with E-state index in [0.29, 0.717) is 0 Å². The SMILES string of the molecule is C=CC(=O)N[C@H](C)C(=O)N[C@H](C)C(=O)O. The van der Waals surface area contributed by atoms with Crippen LogP contribution in [0.5, 0.6) is 0 Å². The van der Waals surface area contributed by atoms with Gasteiger partial charge in [-0.3, -0.25) is 14.4 Å². The molecule has 0 aliphatic carbocycles. The summed E-state index contributed by atoms with van der Waals surface area (Å²) in [6.45, 7) is 6.01. The van der Waals surface area contributed by atoms with Crippen molar-refractivity contribution in [1.29, 1.82) is 0 Å². The van der Waals surface area contributed by atoms with Crippen LogP contribution in [0, 0.1) is 0 Å². The molecule has 3 N–H and O–H groups in total. The molecule has 0 saturated heterocycles. The fraction of sp³-hybridized carbons (Fsp3) is 0.444. The maximum atomic E-state index is 11.3. The lowest BCUT2D eigenvalue weighted by Gasteiger charge is -2.15. The van der Waals surface area contributed by atoms with Crippen molar-refractivity contribution in [1.82, 2.24) is 10.6 Å².